The van der Waals surface area contributed by atoms with Crippen LogP contribution >= 0.6 is 15.9 Å². The molecule has 0 saturated carbocycles. The lowest BCUT2D eigenvalue weighted by molar-refractivity contribution is 0.102. The average Bonchev–Trinajstić information content (AvgIpc) is 2.39. The van der Waals surface area contributed by atoms with Crippen LogP contribution in [0.1, 0.15) is 10.5 Å². The lowest BCUT2D eigenvalue weighted by atomic mass is 10.2. The molecule has 2 N–H and O–H groups in total. The smallest absolute Gasteiger partial charge is 0.274 e. The normalized spacial score (nSPS) is 10.0. The first-order valence-electron chi connectivity index (χ1n) is 5.41. The minimum absolute atomic E-state index is 0.0394. The molecule has 1 heterocycles. The maximum atomic E-state index is 11.9. The van der Waals surface area contributed by atoms with Gasteiger partial charge in [-0.3, -0.25) is 4.79 Å². The number of methoxy groups -OCH3 is 1. The van der Waals surface area contributed by atoms with E-state index in [9.17, 15) is 9.90 Å². The second kappa shape index (κ2) is 5.71. The number of pyridine rings is 1. The van der Waals surface area contributed by atoms with Gasteiger partial charge in [-0.05, 0) is 40.2 Å². The van der Waals surface area contributed by atoms with Gasteiger partial charge in [0.25, 0.3) is 5.91 Å². The topological polar surface area (TPSA) is 71.5 Å². The van der Waals surface area contributed by atoms with Crippen LogP contribution in [0.2, 0.25) is 0 Å². The Hall–Kier alpha value is -2.08. The van der Waals surface area contributed by atoms with E-state index in [1.165, 1.54) is 13.2 Å². The summed E-state index contributed by atoms with van der Waals surface area (Å²) in [5.41, 5.74) is 0.745. The fourth-order valence-electron chi connectivity index (χ4n) is 1.50. The highest BCUT2D eigenvalue weighted by atomic mass is 79.9. The van der Waals surface area contributed by atoms with Crippen molar-refractivity contribution < 1.29 is 14.6 Å². The zero-order chi connectivity index (χ0) is 13.8. The summed E-state index contributed by atoms with van der Waals surface area (Å²) in [6, 6.07) is 9.67. The maximum absolute atomic E-state index is 11.9. The van der Waals surface area contributed by atoms with E-state index in [0.29, 0.717) is 16.0 Å². The third kappa shape index (κ3) is 3.23. The number of amides is 1. The van der Waals surface area contributed by atoms with Crippen LogP contribution in [-0.4, -0.2) is 23.1 Å². The van der Waals surface area contributed by atoms with Gasteiger partial charge in [0.1, 0.15) is 10.3 Å². The van der Waals surface area contributed by atoms with Gasteiger partial charge in [-0.2, -0.15) is 0 Å². The molecule has 6 heteroatoms. The number of hydrogen-bond donors (Lipinski definition) is 2. The van der Waals surface area contributed by atoms with Crippen molar-refractivity contribution in [1.29, 1.82) is 0 Å². The quantitative estimate of drug-likeness (QED) is 0.852. The molecule has 5 nitrogen and oxygen atoms in total. The van der Waals surface area contributed by atoms with E-state index in [2.05, 4.69) is 26.2 Å². The molecule has 0 bridgehead atoms. The number of ether oxygens (including phenoxy) is 1. The minimum Gasteiger partial charge on any atom is -0.504 e. The summed E-state index contributed by atoms with van der Waals surface area (Å²) in [6.07, 6.45) is 0. The van der Waals surface area contributed by atoms with Gasteiger partial charge in [-0.15, -0.1) is 0 Å². The maximum Gasteiger partial charge on any atom is 0.274 e. The molecule has 0 aliphatic rings. The van der Waals surface area contributed by atoms with Gasteiger partial charge in [0.05, 0.1) is 7.11 Å². The van der Waals surface area contributed by atoms with Crippen molar-refractivity contribution >= 4 is 27.5 Å². The van der Waals surface area contributed by atoms with Crippen molar-refractivity contribution in [1.82, 2.24) is 4.98 Å². The number of nitrogens with zero attached hydrogens (tertiary/aromatic N) is 1. The number of halogens is 1. The molecule has 0 radical (unpaired) electrons. The first-order valence-corrected chi connectivity index (χ1v) is 6.20. The molecule has 0 unspecified atom stereocenters. The molecule has 1 amide bonds. The SMILES string of the molecule is COc1ccc(NC(=O)c2cccc(Br)n2)cc1O. The predicted molar refractivity (Wildman–Crippen MR) is 74.5 cm³/mol. The highest BCUT2D eigenvalue weighted by Gasteiger charge is 2.09. The molecule has 1 aromatic carbocycles. The van der Waals surface area contributed by atoms with Crippen molar-refractivity contribution in [2.75, 3.05) is 12.4 Å². The number of carbonyl (C=O) groups excluding carboxylic acids is 1. The summed E-state index contributed by atoms with van der Waals surface area (Å²) in [5.74, 6) is -0.0491. The van der Waals surface area contributed by atoms with E-state index in [1.54, 1.807) is 30.3 Å². The summed E-state index contributed by atoms with van der Waals surface area (Å²) in [6.45, 7) is 0. The number of carbonyl (C=O) groups is 1. The number of rotatable bonds is 3. The fraction of sp³-hybridized carbons (Fsp3) is 0.0769. The molecule has 0 atom stereocenters. The van der Waals surface area contributed by atoms with E-state index in [0.717, 1.165) is 0 Å². The summed E-state index contributed by atoms with van der Waals surface area (Å²) in [7, 11) is 1.46. The van der Waals surface area contributed by atoms with Crippen LogP contribution in [-0.2, 0) is 0 Å². The Bertz CT molecular complexity index is 617. The summed E-state index contributed by atoms with van der Waals surface area (Å²) in [4.78, 5) is 16.0. The zero-order valence-corrected chi connectivity index (χ0v) is 11.6. The van der Waals surface area contributed by atoms with E-state index in [-0.39, 0.29) is 17.4 Å². The van der Waals surface area contributed by atoms with Crippen LogP contribution in [0.25, 0.3) is 0 Å². The molecule has 0 aliphatic carbocycles. The van der Waals surface area contributed by atoms with Crippen LogP contribution in [0.4, 0.5) is 5.69 Å². The molecule has 0 spiro atoms. The minimum atomic E-state index is -0.356. The Morgan fingerprint density at radius 2 is 2.16 bits per heavy atom. The fourth-order valence-corrected chi connectivity index (χ4v) is 1.84. The summed E-state index contributed by atoms with van der Waals surface area (Å²) < 4.78 is 5.51. The van der Waals surface area contributed by atoms with E-state index in [1.807, 2.05) is 0 Å². The van der Waals surface area contributed by atoms with Gasteiger partial charge in [0.2, 0.25) is 0 Å². The Labute approximate surface area is 118 Å². The van der Waals surface area contributed by atoms with Crippen molar-refractivity contribution in [3.05, 3.63) is 46.7 Å². The number of hydrogen-bond acceptors (Lipinski definition) is 4. The molecule has 1 aromatic heterocycles. The monoisotopic (exact) mass is 322 g/mol. The third-order valence-electron chi connectivity index (χ3n) is 2.38. The molecule has 0 aliphatic heterocycles. The number of aromatic nitrogens is 1. The Balaban J connectivity index is 2.17. The highest BCUT2D eigenvalue weighted by Crippen LogP contribution is 2.28. The first-order chi connectivity index (χ1) is 9.10. The Morgan fingerprint density at radius 3 is 2.79 bits per heavy atom. The Morgan fingerprint density at radius 1 is 1.37 bits per heavy atom. The lowest BCUT2D eigenvalue weighted by Gasteiger charge is -2.07. The van der Waals surface area contributed by atoms with Crippen LogP contribution in [0.15, 0.2) is 41.0 Å². The first kappa shape index (κ1) is 13.4. The third-order valence-corrected chi connectivity index (χ3v) is 2.83. The van der Waals surface area contributed by atoms with Crippen molar-refractivity contribution in [3.63, 3.8) is 0 Å². The highest BCUT2D eigenvalue weighted by molar-refractivity contribution is 9.10. The number of benzene rings is 1. The van der Waals surface area contributed by atoms with E-state index < -0.39 is 0 Å². The molecule has 0 saturated heterocycles. The molecule has 0 fully saturated rings. The molecular weight excluding hydrogens is 312 g/mol. The largest absolute Gasteiger partial charge is 0.504 e. The number of anilines is 1. The second-order valence-corrected chi connectivity index (χ2v) is 4.50. The van der Waals surface area contributed by atoms with Crippen LogP contribution in [0.3, 0.4) is 0 Å². The lowest BCUT2D eigenvalue weighted by Crippen LogP contribution is -2.13. The average molecular weight is 323 g/mol. The molecule has 98 valence electrons. The van der Waals surface area contributed by atoms with Gasteiger partial charge in [-0.1, -0.05) is 6.07 Å². The number of nitrogens with one attached hydrogen (secondary N) is 1. The number of phenolic OH excluding ortho intramolecular Hbond substituents is 1. The molecule has 2 rings (SSSR count). The van der Waals surface area contributed by atoms with Gasteiger partial charge < -0.3 is 15.2 Å². The molecular formula is C13H11BrN2O3. The number of phenols is 1. The Kier molecular flexibility index (Phi) is 4.01. The van der Waals surface area contributed by atoms with Gasteiger partial charge >= 0.3 is 0 Å². The van der Waals surface area contributed by atoms with Crippen molar-refractivity contribution in [2.24, 2.45) is 0 Å². The standard InChI is InChI=1S/C13H11BrN2O3/c1-19-11-6-5-8(7-10(11)17)15-13(18)9-3-2-4-12(14)16-9/h2-7,17H,1H3,(H,15,18). The van der Waals surface area contributed by atoms with Crippen molar-refractivity contribution in [3.8, 4) is 11.5 Å². The van der Waals surface area contributed by atoms with E-state index in [4.69, 9.17) is 4.74 Å². The van der Waals surface area contributed by atoms with Gasteiger partial charge in [0, 0.05) is 11.8 Å². The predicted octanol–water partition coefficient (Wildman–Crippen LogP) is 2.81. The van der Waals surface area contributed by atoms with Crippen LogP contribution in [0.5, 0.6) is 11.5 Å². The van der Waals surface area contributed by atoms with Crippen LogP contribution in [0, 0.1) is 0 Å². The van der Waals surface area contributed by atoms with E-state index >= 15 is 0 Å². The van der Waals surface area contributed by atoms with Gasteiger partial charge in [0.15, 0.2) is 11.5 Å². The number of aromatic hydroxyl groups is 1. The van der Waals surface area contributed by atoms with Crippen LogP contribution < -0.4 is 10.1 Å². The molecule has 19 heavy (non-hydrogen) atoms. The summed E-state index contributed by atoms with van der Waals surface area (Å²) >= 11 is 3.20. The second-order valence-electron chi connectivity index (χ2n) is 3.69. The van der Waals surface area contributed by atoms with Crippen molar-refractivity contribution in [2.45, 2.75) is 0 Å². The zero-order valence-electron chi connectivity index (χ0n) is 10.1. The van der Waals surface area contributed by atoms with Gasteiger partial charge in [-0.25, -0.2) is 4.98 Å². The summed E-state index contributed by atoms with van der Waals surface area (Å²) in [5, 5.41) is 12.3. The molecule has 2 aromatic rings.